The minimum atomic E-state index is 0.211. The molecule has 86 valence electrons. The lowest BCUT2D eigenvalue weighted by Gasteiger charge is -2.16. The van der Waals surface area contributed by atoms with E-state index in [1.807, 2.05) is 20.9 Å². The highest BCUT2D eigenvalue weighted by atomic mass is 32.1. The van der Waals surface area contributed by atoms with Gasteiger partial charge in [-0.05, 0) is 38.8 Å². The van der Waals surface area contributed by atoms with Gasteiger partial charge in [-0.1, -0.05) is 11.4 Å². The molecule has 0 fully saturated rings. The van der Waals surface area contributed by atoms with Gasteiger partial charge in [0, 0.05) is 0 Å². The predicted molar refractivity (Wildman–Crippen MR) is 62.2 cm³/mol. The minimum Gasteiger partial charge on any atom is -0.377 e. The Balaban J connectivity index is 2.65. The summed E-state index contributed by atoms with van der Waals surface area (Å²) in [5, 5.41) is 7.34. The molecule has 0 aliphatic rings. The van der Waals surface area contributed by atoms with Crippen LogP contribution >= 0.6 is 11.5 Å². The first-order chi connectivity index (χ1) is 7.19. The Kier molecular flexibility index (Phi) is 5.14. The summed E-state index contributed by atoms with van der Waals surface area (Å²) in [6.45, 7) is 6.85. The maximum Gasteiger partial charge on any atom is 0.0801 e. The van der Waals surface area contributed by atoms with Crippen molar-refractivity contribution in [2.24, 2.45) is 0 Å². The normalized spacial score (nSPS) is 13.4. The molecule has 0 radical (unpaired) electrons. The van der Waals surface area contributed by atoms with Crippen LogP contribution in [0.1, 0.15) is 37.4 Å². The third-order valence-corrected chi connectivity index (χ3v) is 3.06. The van der Waals surface area contributed by atoms with E-state index in [2.05, 4.69) is 21.8 Å². The molecule has 0 amide bonds. The minimum absolute atomic E-state index is 0.211. The van der Waals surface area contributed by atoms with Crippen LogP contribution in [0.15, 0.2) is 0 Å². The topological polar surface area (TPSA) is 47.0 Å². The van der Waals surface area contributed by atoms with Crippen LogP contribution in [0.25, 0.3) is 0 Å². The number of nitrogens with one attached hydrogen (secondary N) is 1. The van der Waals surface area contributed by atoms with Gasteiger partial charge in [0.15, 0.2) is 0 Å². The van der Waals surface area contributed by atoms with Crippen molar-refractivity contribution >= 4 is 11.5 Å². The van der Waals surface area contributed by atoms with Gasteiger partial charge in [0.25, 0.3) is 0 Å². The first-order valence-electron chi connectivity index (χ1n) is 5.29. The third-order valence-electron chi connectivity index (χ3n) is 2.18. The zero-order chi connectivity index (χ0) is 11.3. The Morgan fingerprint density at radius 3 is 2.73 bits per heavy atom. The number of hydrogen-bond donors (Lipinski definition) is 1. The third kappa shape index (κ3) is 3.52. The van der Waals surface area contributed by atoms with E-state index in [4.69, 9.17) is 4.74 Å². The summed E-state index contributed by atoms with van der Waals surface area (Å²) in [5.74, 6) is 0. The Labute approximate surface area is 95.2 Å². The molecule has 1 rings (SSSR count). The van der Waals surface area contributed by atoms with Gasteiger partial charge in [0.05, 0.1) is 29.3 Å². The van der Waals surface area contributed by atoms with E-state index >= 15 is 0 Å². The maximum absolute atomic E-state index is 5.61. The molecule has 1 aromatic rings. The number of hydrogen-bond acceptors (Lipinski definition) is 5. The molecule has 4 nitrogen and oxygen atoms in total. The molecule has 1 aromatic heterocycles. The van der Waals surface area contributed by atoms with Gasteiger partial charge < -0.3 is 10.1 Å². The van der Waals surface area contributed by atoms with Gasteiger partial charge in [-0.15, -0.1) is 5.10 Å². The van der Waals surface area contributed by atoms with E-state index in [9.17, 15) is 0 Å². The van der Waals surface area contributed by atoms with Crippen molar-refractivity contribution < 1.29 is 4.74 Å². The molecule has 1 atom stereocenters. The van der Waals surface area contributed by atoms with Crippen LogP contribution in [-0.4, -0.2) is 29.3 Å². The number of likely N-dealkylation sites (N-methyl/N-ethyl adjacent to an activating group) is 1. The van der Waals surface area contributed by atoms with E-state index in [0.717, 1.165) is 12.1 Å². The fourth-order valence-electron chi connectivity index (χ4n) is 1.30. The second-order valence-corrected chi connectivity index (χ2v) is 4.45. The number of aryl methyl sites for hydroxylation is 1. The quantitative estimate of drug-likeness (QED) is 0.808. The van der Waals surface area contributed by atoms with Gasteiger partial charge in [-0.3, -0.25) is 0 Å². The molecular weight excluding hydrogens is 210 g/mol. The Morgan fingerprint density at radius 1 is 1.47 bits per heavy atom. The molecule has 1 N–H and O–H groups in total. The highest BCUT2D eigenvalue weighted by molar-refractivity contribution is 7.05. The SMILES string of the molecule is CCc1nnsc1C(COC(C)C)NC. The molecule has 0 aliphatic heterocycles. The van der Waals surface area contributed by atoms with Crippen LogP contribution in [0.5, 0.6) is 0 Å². The zero-order valence-electron chi connectivity index (χ0n) is 9.78. The van der Waals surface area contributed by atoms with Gasteiger partial charge in [0.2, 0.25) is 0 Å². The van der Waals surface area contributed by atoms with E-state index in [-0.39, 0.29) is 12.1 Å². The summed E-state index contributed by atoms with van der Waals surface area (Å²) in [6.07, 6.45) is 1.18. The van der Waals surface area contributed by atoms with Crippen LogP contribution in [0.3, 0.4) is 0 Å². The Bertz CT molecular complexity index is 288. The fraction of sp³-hybridized carbons (Fsp3) is 0.800. The smallest absolute Gasteiger partial charge is 0.0801 e. The van der Waals surface area contributed by atoms with Crippen molar-refractivity contribution in [1.82, 2.24) is 14.9 Å². The van der Waals surface area contributed by atoms with Crippen molar-refractivity contribution in [3.05, 3.63) is 10.6 Å². The van der Waals surface area contributed by atoms with Gasteiger partial charge in [-0.25, -0.2) is 0 Å². The molecule has 0 aromatic carbocycles. The van der Waals surface area contributed by atoms with Crippen LogP contribution in [-0.2, 0) is 11.2 Å². The van der Waals surface area contributed by atoms with Crippen LogP contribution in [0.4, 0.5) is 0 Å². The first kappa shape index (κ1) is 12.5. The monoisotopic (exact) mass is 229 g/mol. The van der Waals surface area contributed by atoms with E-state index in [1.54, 1.807) is 0 Å². The summed E-state index contributed by atoms with van der Waals surface area (Å²) in [7, 11) is 1.94. The second kappa shape index (κ2) is 6.15. The van der Waals surface area contributed by atoms with E-state index in [1.165, 1.54) is 16.4 Å². The molecule has 0 bridgehead atoms. The van der Waals surface area contributed by atoms with Crippen molar-refractivity contribution in [1.29, 1.82) is 0 Å². The summed E-state index contributed by atoms with van der Waals surface area (Å²) in [4.78, 5) is 1.20. The molecule has 0 spiro atoms. The van der Waals surface area contributed by atoms with Gasteiger partial charge in [-0.2, -0.15) is 0 Å². The summed E-state index contributed by atoms with van der Waals surface area (Å²) in [6, 6.07) is 0.211. The summed E-state index contributed by atoms with van der Waals surface area (Å²) < 4.78 is 9.59. The van der Waals surface area contributed by atoms with E-state index < -0.39 is 0 Å². The van der Waals surface area contributed by atoms with Crippen molar-refractivity contribution in [2.45, 2.75) is 39.3 Å². The largest absolute Gasteiger partial charge is 0.377 e. The van der Waals surface area contributed by atoms with Crippen molar-refractivity contribution in [2.75, 3.05) is 13.7 Å². The molecule has 0 aliphatic carbocycles. The molecule has 15 heavy (non-hydrogen) atoms. The highest BCUT2D eigenvalue weighted by Crippen LogP contribution is 2.21. The lowest BCUT2D eigenvalue weighted by Crippen LogP contribution is -2.23. The zero-order valence-corrected chi connectivity index (χ0v) is 10.6. The molecular formula is C10H19N3OS. The van der Waals surface area contributed by atoms with Crippen molar-refractivity contribution in [3.63, 3.8) is 0 Å². The number of nitrogens with zero attached hydrogens (tertiary/aromatic N) is 2. The summed E-state index contributed by atoms with van der Waals surface area (Å²) in [5.41, 5.74) is 1.08. The highest BCUT2D eigenvalue weighted by Gasteiger charge is 2.17. The predicted octanol–water partition coefficient (Wildman–Crippen LogP) is 1.79. The van der Waals surface area contributed by atoms with Crippen molar-refractivity contribution in [3.8, 4) is 0 Å². The summed E-state index contributed by atoms with van der Waals surface area (Å²) >= 11 is 1.45. The van der Waals surface area contributed by atoms with Crippen LogP contribution in [0.2, 0.25) is 0 Å². The standard InChI is InChI=1S/C10H19N3OS/c1-5-8-10(15-13-12-8)9(11-4)6-14-7(2)3/h7,9,11H,5-6H2,1-4H3. The molecule has 0 saturated heterocycles. The molecule has 0 saturated carbocycles. The molecule has 1 unspecified atom stereocenters. The van der Waals surface area contributed by atoms with Gasteiger partial charge in [0.1, 0.15) is 0 Å². The van der Waals surface area contributed by atoms with E-state index in [0.29, 0.717) is 6.61 Å². The maximum atomic E-state index is 5.61. The lowest BCUT2D eigenvalue weighted by atomic mass is 10.2. The first-order valence-corrected chi connectivity index (χ1v) is 6.06. The second-order valence-electron chi connectivity index (χ2n) is 3.66. The Hall–Kier alpha value is -0.520. The number of rotatable bonds is 6. The fourth-order valence-corrected chi connectivity index (χ4v) is 2.14. The average molecular weight is 229 g/mol. The number of aromatic nitrogens is 2. The number of ether oxygens (including phenoxy) is 1. The van der Waals surface area contributed by atoms with Crippen LogP contribution in [0, 0.1) is 0 Å². The Morgan fingerprint density at radius 2 is 2.20 bits per heavy atom. The lowest BCUT2D eigenvalue weighted by molar-refractivity contribution is 0.0630. The average Bonchev–Trinajstić information content (AvgIpc) is 2.66. The molecule has 1 heterocycles. The van der Waals surface area contributed by atoms with Crippen LogP contribution < -0.4 is 5.32 Å². The van der Waals surface area contributed by atoms with Gasteiger partial charge >= 0.3 is 0 Å². The molecule has 5 heteroatoms.